The van der Waals surface area contributed by atoms with Crippen molar-refractivity contribution in [2.45, 2.75) is 39.5 Å². The largest absolute Gasteiger partial charge is 0.343 e. The lowest BCUT2D eigenvalue weighted by Gasteiger charge is -2.09. The Labute approximate surface area is 92.9 Å². The Kier molecular flexibility index (Phi) is 5.09. The van der Waals surface area contributed by atoms with Crippen LogP contribution in [0.5, 0.6) is 0 Å². The summed E-state index contributed by atoms with van der Waals surface area (Å²) in [6.07, 6.45) is 13.3. The Bertz CT molecular complexity index is 290. The fourth-order valence-corrected chi connectivity index (χ4v) is 1.84. The highest BCUT2D eigenvalue weighted by molar-refractivity contribution is 6.01. The van der Waals surface area contributed by atoms with Crippen LogP contribution in [0.4, 0.5) is 0 Å². The van der Waals surface area contributed by atoms with Crippen molar-refractivity contribution in [3.63, 3.8) is 0 Å². The molecule has 0 bridgehead atoms. The normalized spacial score (nSPS) is 14.6. The summed E-state index contributed by atoms with van der Waals surface area (Å²) in [7, 11) is 1.71. The predicted molar refractivity (Wildman–Crippen MR) is 66.1 cm³/mol. The lowest BCUT2D eigenvalue weighted by Crippen LogP contribution is -1.98. The summed E-state index contributed by atoms with van der Waals surface area (Å²) in [6, 6.07) is 0. The minimum atomic E-state index is 0.936. The van der Waals surface area contributed by atoms with Gasteiger partial charge in [-0.05, 0) is 30.6 Å². The fraction of sp³-hybridized carbons (Fsp3) is 0.500. The molecular formula is C14H21O+. The maximum atomic E-state index is 5.16. The molecule has 1 nitrogen and oxygen atoms in total. The van der Waals surface area contributed by atoms with Gasteiger partial charge in [0.05, 0.1) is 0 Å². The molecule has 0 fully saturated rings. The van der Waals surface area contributed by atoms with Crippen LogP contribution in [0.1, 0.15) is 39.5 Å². The molecular weight excluding hydrogens is 184 g/mol. The monoisotopic (exact) mass is 205 g/mol. The van der Waals surface area contributed by atoms with Crippen LogP contribution < -0.4 is 0 Å². The summed E-state index contributed by atoms with van der Waals surface area (Å²) in [5, 5.41) is 0. The molecule has 0 N–H and O–H groups in total. The van der Waals surface area contributed by atoms with Gasteiger partial charge in [-0.2, -0.15) is 0 Å². The van der Waals surface area contributed by atoms with E-state index in [9.17, 15) is 0 Å². The highest BCUT2D eigenvalue weighted by atomic mass is 16.4. The summed E-state index contributed by atoms with van der Waals surface area (Å²) >= 11 is 0. The number of rotatable bonds is 4. The third-order valence-corrected chi connectivity index (χ3v) is 2.60. The van der Waals surface area contributed by atoms with Crippen molar-refractivity contribution in [1.29, 1.82) is 0 Å². The molecule has 15 heavy (non-hydrogen) atoms. The van der Waals surface area contributed by atoms with E-state index in [-0.39, 0.29) is 0 Å². The Morgan fingerprint density at radius 2 is 1.53 bits per heavy atom. The van der Waals surface area contributed by atoms with Crippen LogP contribution in [-0.4, -0.2) is 12.9 Å². The zero-order valence-electron chi connectivity index (χ0n) is 10.0. The van der Waals surface area contributed by atoms with Gasteiger partial charge < -0.3 is 0 Å². The first-order chi connectivity index (χ1) is 7.31. The quantitative estimate of drug-likeness (QED) is 0.619. The van der Waals surface area contributed by atoms with Gasteiger partial charge in [0.25, 0.3) is 7.11 Å². The molecule has 0 aromatic carbocycles. The lowest BCUT2D eigenvalue weighted by molar-refractivity contribution is -0.417. The maximum Gasteiger partial charge on any atom is 0.343 e. The summed E-state index contributed by atoms with van der Waals surface area (Å²) in [5.41, 5.74) is 2.95. The molecule has 0 aromatic heterocycles. The third-order valence-electron chi connectivity index (χ3n) is 2.60. The maximum absolute atomic E-state index is 5.16. The SMILES string of the molecule is CCCC(CCC)=C1C=CC(=[O+]C)C=C1. The van der Waals surface area contributed by atoms with Crippen LogP contribution in [0.25, 0.3) is 0 Å². The van der Waals surface area contributed by atoms with Crippen LogP contribution in [0.2, 0.25) is 0 Å². The fourth-order valence-electron chi connectivity index (χ4n) is 1.84. The first-order valence-electron chi connectivity index (χ1n) is 5.81. The van der Waals surface area contributed by atoms with Crippen LogP contribution >= 0.6 is 0 Å². The number of carbonyl (C=O) groups excluding carboxylic acids is 1. The van der Waals surface area contributed by atoms with Gasteiger partial charge in [0, 0.05) is 12.2 Å². The van der Waals surface area contributed by atoms with E-state index in [2.05, 4.69) is 26.0 Å². The van der Waals surface area contributed by atoms with Crippen molar-refractivity contribution in [3.8, 4) is 0 Å². The third kappa shape index (κ3) is 3.50. The highest BCUT2D eigenvalue weighted by Gasteiger charge is 2.08. The van der Waals surface area contributed by atoms with E-state index in [4.69, 9.17) is 4.42 Å². The Hall–Kier alpha value is -1.11. The molecule has 0 saturated heterocycles. The van der Waals surface area contributed by atoms with E-state index in [1.165, 1.54) is 31.3 Å². The molecule has 1 heteroatoms. The molecule has 0 spiro atoms. The van der Waals surface area contributed by atoms with E-state index in [1.54, 1.807) is 12.7 Å². The summed E-state index contributed by atoms with van der Waals surface area (Å²) < 4.78 is 5.16. The van der Waals surface area contributed by atoms with Crippen LogP contribution in [0.15, 0.2) is 35.5 Å². The standard InChI is InChI=1S/C14H21O/c1-4-6-12(7-5-2)13-8-10-14(15-3)11-9-13/h8-11H,4-7H2,1-3H3/q+1. The molecule has 0 atom stereocenters. The van der Waals surface area contributed by atoms with Gasteiger partial charge in [-0.1, -0.05) is 32.3 Å². The van der Waals surface area contributed by atoms with Crippen molar-refractivity contribution in [3.05, 3.63) is 35.5 Å². The van der Waals surface area contributed by atoms with Crippen LogP contribution in [-0.2, 0) is 4.42 Å². The van der Waals surface area contributed by atoms with Crippen molar-refractivity contribution < 1.29 is 4.42 Å². The predicted octanol–water partition coefficient (Wildman–Crippen LogP) is 3.74. The van der Waals surface area contributed by atoms with E-state index in [0.717, 1.165) is 5.78 Å². The average Bonchev–Trinajstić information content (AvgIpc) is 2.29. The van der Waals surface area contributed by atoms with Crippen molar-refractivity contribution in [1.82, 2.24) is 0 Å². The smallest absolute Gasteiger partial charge is 0.258 e. The highest BCUT2D eigenvalue weighted by Crippen LogP contribution is 2.21. The van der Waals surface area contributed by atoms with E-state index in [1.807, 2.05) is 12.2 Å². The Morgan fingerprint density at radius 3 is 1.93 bits per heavy atom. The molecule has 0 aliphatic heterocycles. The minimum absolute atomic E-state index is 0.936. The van der Waals surface area contributed by atoms with Gasteiger partial charge in [0.2, 0.25) is 0 Å². The minimum Gasteiger partial charge on any atom is -0.258 e. The van der Waals surface area contributed by atoms with Crippen molar-refractivity contribution >= 4 is 5.78 Å². The molecule has 1 aliphatic rings. The van der Waals surface area contributed by atoms with Gasteiger partial charge in [0.15, 0.2) is 0 Å². The summed E-state index contributed by atoms with van der Waals surface area (Å²) in [5.74, 6) is 0.936. The molecule has 0 radical (unpaired) electrons. The van der Waals surface area contributed by atoms with Crippen molar-refractivity contribution in [2.24, 2.45) is 0 Å². The molecule has 0 aromatic rings. The second-order valence-electron chi connectivity index (χ2n) is 3.83. The van der Waals surface area contributed by atoms with Gasteiger partial charge in [-0.15, -0.1) is 0 Å². The van der Waals surface area contributed by atoms with Gasteiger partial charge in [0.1, 0.15) is 0 Å². The molecule has 0 heterocycles. The molecule has 1 aliphatic carbocycles. The summed E-state index contributed by atoms with van der Waals surface area (Å²) in [4.78, 5) is 0. The van der Waals surface area contributed by atoms with Gasteiger partial charge >= 0.3 is 5.78 Å². The number of ketones is 1. The topological polar surface area (TPSA) is 11.3 Å². The Balaban J connectivity index is 2.84. The molecule has 82 valence electrons. The lowest BCUT2D eigenvalue weighted by atomic mass is 9.96. The molecule has 0 unspecified atom stereocenters. The van der Waals surface area contributed by atoms with Gasteiger partial charge in [-0.25, -0.2) is 0 Å². The first-order valence-corrected chi connectivity index (χ1v) is 5.81. The van der Waals surface area contributed by atoms with E-state index < -0.39 is 0 Å². The molecule has 1 rings (SSSR count). The average molecular weight is 205 g/mol. The van der Waals surface area contributed by atoms with Crippen molar-refractivity contribution in [2.75, 3.05) is 7.11 Å². The van der Waals surface area contributed by atoms with Crippen LogP contribution in [0, 0.1) is 0 Å². The number of hydrogen-bond acceptors (Lipinski definition) is 0. The number of allylic oxidation sites excluding steroid dienone is 6. The Morgan fingerprint density at radius 1 is 1.00 bits per heavy atom. The van der Waals surface area contributed by atoms with E-state index in [0.29, 0.717) is 0 Å². The van der Waals surface area contributed by atoms with E-state index >= 15 is 0 Å². The second-order valence-corrected chi connectivity index (χ2v) is 3.83. The van der Waals surface area contributed by atoms with Gasteiger partial charge in [-0.3, -0.25) is 4.42 Å². The second kappa shape index (κ2) is 6.39. The zero-order valence-corrected chi connectivity index (χ0v) is 10.0. The first kappa shape index (κ1) is 12.0. The number of hydrogen-bond donors (Lipinski definition) is 0. The summed E-state index contributed by atoms with van der Waals surface area (Å²) in [6.45, 7) is 4.47. The molecule has 0 saturated carbocycles. The van der Waals surface area contributed by atoms with Crippen LogP contribution in [0.3, 0.4) is 0 Å². The zero-order chi connectivity index (χ0) is 11.1. The molecule has 0 amide bonds.